The molecule has 1 atom stereocenters. The second kappa shape index (κ2) is 9.39. The summed E-state index contributed by atoms with van der Waals surface area (Å²) in [4.78, 5) is 38.0. The van der Waals surface area contributed by atoms with E-state index in [4.69, 9.17) is 4.74 Å². The number of nitrogens with one attached hydrogen (secondary N) is 2. The molecule has 0 aromatic heterocycles. The molecule has 3 rings (SSSR count). The second-order valence-corrected chi connectivity index (χ2v) is 7.19. The van der Waals surface area contributed by atoms with Gasteiger partial charge in [-0.2, -0.15) is 0 Å². The Balaban J connectivity index is 1.46. The van der Waals surface area contributed by atoms with E-state index in [9.17, 15) is 14.4 Å². The maximum Gasteiger partial charge on any atom is 0.325 e. The van der Waals surface area contributed by atoms with Gasteiger partial charge < -0.3 is 15.4 Å². The minimum atomic E-state index is -0.806. The van der Waals surface area contributed by atoms with Gasteiger partial charge in [0.25, 0.3) is 5.91 Å². The monoisotopic (exact) mass is 385 g/mol. The Morgan fingerprint density at radius 2 is 2.04 bits per heavy atom. The van der Waals surface area contributed by atoms with Crippen LogP contribution in [0.25, 0.3) is 0 Å². The van der Waals surface area contributed by atoms with Crippen LogP contribution in [0.15, 0.2) is 35.9 Å². The van der Waals surface area contributed by atoms with E-state index in [1.165, 1.54) is 18.4 Å². The lowest BCUT2D eigenvalue weighted by Crippen LogP contribution is -2.36. The largest absolute Gasteiger partial charge is 0.497 e. The van der Waals surface area contributed by atoms with Crippen LogP contribution in [0, 0.1) is 0 Å². The molecule has 28 heavy (non-hydrogen) atoms. The third kappa shape index (κ3) is 5.12. The molecular weight excluding hydrogens is 358 g/mol. The van der Waals surface area contributed by atoms with Crippen molar-refractivity contribution in [1.82, 2.24) is 15.5 Å². The first kappa shape index (κ1) is 19.9. The van der Waals surface area contributed by atoms with Gasteiger partial charge in [-0.15, -0.1) is 0 Å². The number of nitrogens with zero attached hydrogens (tertiary/aromatic N) is 1. The molecule has 1 aliphatic carbocycles. The van der Waals surface area contributed by atoms with Crippen LogP contribution < -0.4 is 15.4 Å². The van der Waals surface area contributed by atoms with E-state index in [1.807, 2.05) is 0 Å². The van der Waals surface area contributed by atoms with Crippen LogP contribution in [0.1, 0.15) is 44.1 Å². The number of amides is 4. The number of urea groups is 1. The number of methoxy groups -OCH3 is 1. The number of imide groups is 1. The summed E-state index contributed by atoms with van der Waals surface area (Å²) < 4.78 is 5.11. The van der Waals surface area contributed by atoms with Crippen molar-refractivity contribution in [2.24, 2.45) is 0 Å². The van der Waals surface area contributed by atoms with Crippen LogP contribution in [-0.4, -0.2) is 42.4 Å². The first-order valence-electron chi connectivity index (χ1n) is 9.76. The zero-order valence-electron chi connectivity index (χ0n) is 16.2. The number of carbonyl (C=O) groups is 3. The van der Waals surface area contributed by atoms with E-state index >= 15 is 0 Å². The summed E-state index contributed by atoms with van der Waals surface area (Å²) in [6, 6.07) is 5.89. The lowest BCUT2D eigenvalue weighted by Gasteiger charge is -2.14. The van der Waals surface area contributed by atoms with Crippen molar-refractivity contribution in [3.8, 4) is 5.75 Å². The molecule has 1 heterocycles. The fourth-order valence-corrected chi connectivity index (χ4v) is 3.53. The molecule has 0 radical (unpaired) electrons. The molecule has 1 aromatic carbocycles. The summed E-state index contributed by atoms with van der Waals surface area (Å²) in [7, 11) is 1.58. The molecule has 0 bridgehead atoms. The molecule has 2 N–H and O–H groups in total. The summed E-state index contributed by atoms with van der Waals surface area (Å²) >= 11 is 0. The van der Waals surface area contributed by atoms with Crippen LogP contribution in [0.3, 0.4) is 0 Å². The maximum absolute atomic E-state index is 12.5. The first-order chi connectivity index (χ1) is 13.6. The van der Waals surface area contributed by atoms with E-state index in [-0.39, 0.29) is 24.8 Å². The minimum absolute atomic E-state index is 0.0390. The van der Waals surface area contributed by atoms with E-state index in [0.717, 1.165) is 29.7 Å². The predicted octanol–water partition coefficient (Wildman–Crippen LogP) is 2.51. The number of rotatable bonds is 8. The molecule has 2 aliphatic rings. The Morgan fingerprint density at radius 1 is 1.25 bits per heavy atom. The molecule has 0 spiro atoms. The summed E-state index contributed by atoms with van der Waals surface area (Å²) in [6.07, 6.45) is 7.75. The summed E-state index contributed by atoms with van der Waals surface area (Å²) in [5.41, 5.74) is 2.21. The summed E-state index contributed by atoms with van der Waals surface area (Å²) in [5, 5.41) is 5.46. The third-order valence-corrected chi connectivity index (χ3v) is 5.15. The highest BCUT2D eigenvalue weighted by atomic mass is 16.5. The molecule has 1 aliphatic heterocycles. The molecule has 0 saturated carbocycles. The van der Waals surface area contributed by atoms with Crippen molar-refractivity contribution in [3.05, 3.63) is 41.5 Å². The Kier molecular flexibility index (Phi) is 6.68. The third-order valence-electron chi connectivity index (χ3n) is 5.15. The minimum Gasteiger partial charge on any atom is -0.497 e. The molecule has 1 saturated heterocycles. The Bertz CT molecular complexity index is 757. The predicted molar refractivity (Wildman–Crippen MR) is 105 cm³/mol. The van der Waals surface area contributed by atoms with Gasteiger partial charge in [0.2, 0.25) is 5.91 Å². The molecule has 150 valence electrons. The lowest BCUT2D eigenvalue weighted by molar-refractivity contribution is -0.131. The van der Waals surface area contributed by atoms with Gasteiger partial charge in [0.15, 0.2) is 0 Å². The van der Waals surface area contributed by atoms with Gasteiger partial charge in [0, 0.05) is 6.54 Å². The van der Waals surface area contributed by atoms with Crippen LogP contribution in [-0.2, 0) is 16.1 Å². The quantitative estimate of drug-likeness (QED) is 0.532. The number of hydrogen-bond acceptors (Lipinski definition) is 4. The Labute approximate surface area is 165 Å². The van der Waals surface area contributed by atoms with Gasteiger partial charge in [-0.05, 0) is 49.8 Å². The first-order valence-corrected chi connectivity index (χ1v) is 9.76. The van der Waals surface area contributed by atoms with Gasteiger partial charge in [-0.1, -0.05) is 23.8 Å². The maximum atomic E-state index is 12.5. The normalized spacial score (nSPS) is 19.2. The van der Waals surface area contributed by atoms with Crippen LogP contribution in [0.4, 0.5) is 4.79 Å². The molecule has 1 fully saturated rings. The van der Waals surface area contributed by atoms with Crippen molar-refractivity contribution < 1.29 is 19.1 Å². The highest BCUT2D eigenvalue weighted by Gasteiger charge is 2.38. The molecule has 7 nitrogen and oxygen atoms in total. The Hall–Kier alpha value is -2.83. The zero-order valence-corrected chi connectivity index (χ0v) is 16.2. The number of benzene rings is 1. The van der Waals surface area contributed by atoms with Gasteiger partial charge in [-0.3, -0.25) is 14.5 Å². The van der Waals surface area contributed by atoms with Gasteiger partial charge in [-0.25, -0.2) is 4.79 Å². The number of hydrogen-bond donors (Lipinski definition) is 2. The topological polar surface area (TPSA) is 87.7 Å². The second-order valence-electron chi connectivity index (χ2n) is 7.19. The number of ether oxygens (including phenoxy) is 1. The Morgan fingerprint density at radius 3 is 2.71 bits per heavy atom. The molecule has 4 amide bonds. The van der Waals surface area contributed by atoms with E-state index in [0.29, 0.717) is 12.3 Å². The average Bonchev–Trinajstić information content (AvgIpc) is 2.96. The highest BCUT2D eigenvalue weighted by molar-refractivity contribution is 6.05. The average molecular weight is 385 g/mol. The van der Waals surface area contributed by atoms with Crippen molar-refractivity contribution in [2.75, 3.05) is 13.7 Å². The zero-order chi connectivity index (χ0) is 19.9. The number of carbonyl (C=O) groups excluding carboxylic acids is 3. The fraction of sp³-hybridized carbons (Fsp3) is 0.476. The van der Waals surface area contributed by atoms with Crippen molar-refractivity contribution >= 4 is 17.8 Å². The van der Waals surface area contributed by atoms with Crippen molar-refractivity contribution in [3.63, 3.8) is 0 Å². The summed E-state index contributed by atoms with van der Waals surface area (Å²) in [5.74, 6) is 0.117. The summed E-state index contributed by atoms with van der Waals surface area (Å²) in [6.45, 7) is 0.732. The van der Waals surface area contributed by atoms with Crippen molar-refractivity contribution in [2.45, 2.75) is 51.1 Å². The lowest BCUT2D eigenvalue weighted by atomic mass is 9.97. The van der Waals surface area contributed by atoms with Crippen LogP contribution in [0.2, 0.25) is 0 Å². The van der Waals surface area contributed by atoms with Gasteiger partial charge in [0.1, 0.15) is 11.8 Å². The number of allylic oxidation sites excluding steroid dienone is 1. The van der Waals surface area contributed by atoms with Crippen molar-refractivity contribution in [1.29, 1.82) is 0 Å². The smallest absolute Gasteiger partial charge is 0.325 e. The van der Waals surface area contributed by atoms with E-state index in [2.05, 4.69) is 16.7 Å². The standard InChI is InChI=1S/C21H27N3O4/c1-28-17-9-7-16(8-10-17)14-24-20(26)18(23-21(24)27)13-19(25)22-12-11-15-5-3-2-4-6-15/h5,7-10,18H,2-4,6,11-14H2,1H3,(H,22,25)(H,23,27)/t18-/m1/s1. The van der Waals surface area contributed by atoms with E-state index < -0.39 is 12.1 Å². The SMILES string of the molecule is COc1ccc(CN2C(=O)N[C@H](CC(=O)NCCC3=CCCCC3)C2=O)cc1. The highest BCUT2D eigenvalue weighted by Crippen LogP contribution is 2.20. The molecule has 0 unspecified atom stereocenters. The van der Waals surface area contributed by atoms with Gasteiger partial charge >= 0.3 is 6.03 Å². The fourth-order valence-electron chi connectivity index (χ4n) is 3.53. The van der Waals surface area contributed by atoms with Crippen LogP contribution in [0.5, 0.6) is 5.75 Å². The molecular formula is C21H27N3O4. The van der Waals surface area contributed by atoms with E-state index in [1.54, 1.807) is 31.4 Å². The van der Waals surface area contributed by atoms with Gasteiger partial charge in [0.05, 0.1) is 20.1 Å². The molecule has 1 aromatic rings. The van der Waals surface area contributed by atoms with Crippen LogP contribution >= 0.6 is 0 Å². The molecule has 7 heteroatoms.